The molecule has 11 heteroatoms. The van der Waals surface area contributed by atoms with Gasteiger partial charge < -0.3 is 10.2 Å². The summed E-state index contributed by atoms with van der Waals surface area (Å²) >= 11 is 3.00. The minimum Gasteiger partial charge on any atom is -0.317 e. The van der Waals surface area contributed by atoms with Crippen LogP contribution in [0.15, 0.2) is 16.9 Å². The van der Waals surface area contributed by atoms with Crippen molar-refractivity contribution in [3.63, 3.8) is 0 Å². The third-order valence-electron chi connectivity index (χ3n) is 4.91. The Morgan fingerprint density at radius 2 is 2.25 bits per heavy atom. The molecule has 0 fully saturated rings. The number of hydrogen-bond acceptors (Lipinski definition) is 5. The van der Waals surface area contributed by atoms with Gasteiger partial charge in [0.25, 0.3) is 5.91 Å². The Balaban J connectivity index is 1.62. The summed E-state index contributed by atoms with van der Waals surface area (Å²) in [5.74, 6) is -0.945. The molecule has 0 unspecified atom stereocenters. The molecule has 28 heavy (non-hydrogen) atoms. The molecule has 148 valence electrons. The lowest BCUT2D eigenvalue weighted by atomic mass is 9.99. The first kappa shape index (κ1) is 18.8. The second-order valence-electron chi connectivity index (χ2n) is 6.71. The van der Waals surface area contributed by atoms with Crippen molar-refractivity contribution in [2.24, 2.45) is 0 Å². The fourth-order valence-corrected chi connectivity index (χ4v) is 3.77. The van der Waals surface area contributed by atoms with Crippen molar-refractivity contribution in [2.45, 2.75) is 32.5 Å². The number of fused-ring (bicyclic) bond motifs is 3. The number of amides is 3. The standard InChI is InChI=1S/C17H18BrFN6O3/c1-9-7-12-10(14-16(26)23(2)28-6-5-25(14)22-12)8-24(9)17(27)21-11-3-4-20-15(18)13(11)19/h3-4,9H,5-8H2,1-2H3,(H,20,21,27)/t9-/m1/s1. The Bertz CT molecular complexity index is 965. The van der Waals surface area contributed by atoms with Gasteiger partial charge >= 0.3 is 6.03 Å². The Labute approximate surface area is 168 Å². The molecule has 1 N–H and O–H groups in total. The van der Waals surface area contributed by atoms with Crippen LogP contribution >= 0.6 is 15.9 Å². The summed E-state index contributed by atoms with van der Waals surface area (Å²) in [7, 11) is 1.55. The highest BCUT2D eigenvalue weighted by molar-refractivity contribution is 9.10. The normalized spacial score (nSPS) is 19.1. The molecule has 0 radical (unpaired) electrons. The molecule has 0 aliphatic carbocycles. The van der Waals surface area contributed by atoms with Gasteiger partial charge in [-0.25, -0.2) is 19.2 Å². The summed E-state index contributed by atoms with van der Waals surface area (Å²) in [6.07, 6.45) is 1.90. The van der Waals surface area contributed by atoms with E-state index in [1.807, 2.05) is 6.92 Å². The van der Waals surface area contributed by atoms with Crippen LogP contribution in [0.3, 0.4) is 0 Å². The Morgan fingerprint density at radius 1 is 1.46 bits per heavy atom. The second kappa shape index (κ2) is 7.13. The number of hydrogen-bond donors (Lipinski definition) is 1. The lowest BCUT2D eigenvalue weighted by Crippen LogP contribution is -2.45. The quantitative estimate of drug-likeness (QED) is 0.669. The summed E-state index contributed by atoms with van der Waals surface area (Å²) in [6, 6.07) is 0.768. The van der Waals surface area contributed by atoms with Gasteiger partial charge in [-0.2, -0.15) is 5.10 Å². The molecule has 0 spiro atoms. The van der Waals surface area contributed by atoms with E-state index in [9.17, 15) is 14.0 Å². The maximum absolute atomic E-state index is 14.2. The molecule has 2 aromatic heterocycles. The first-order valence-electron chi connectivity index (χ1n) is 8.74. The molecule has 0 saturated heterocycles. The zero-order valence-corrected chi connectivity index (χ0v) is 16.9. The fourth-order valence-electron chi connectivity index (χ4n) is 3.44. The number of aromatic nitrogens is 3. The van der Waals surface area contributed by atoms with Crippen LogP contribution < -0.4 is 5.32 Å². The van der Waals surface area contributed by atoms with Crippen molar-refractivity contribution in [2.75, 3.05) is 19.0 Å². The predicted octanol–water partition coefficient (Wildman–Crippen LogP) is 2.18. The Kier molecular flexibility index (Phi) is 4.79. The molecular weight excluding hydrogens is 435 g/mol. The molecule has 9 nitrogen and oxygen atoms in total. The number of carbonyl (C=O) groups excluding carboxylic acids is 2. The van der Waals surface area contributed by atoms with Gasteiger partial charge in [-0.15, -0.1) is 0 Å². The summed E-state index contributed by atoms with van der Waals surface area (Å²) in [4.78, 5) is 36.2. The van der Waals surface area contributed by atoms with E-state index in [4.69, 9.17) is 4.84 Å². The molecule has 4 heterocycles. The summed E-state index contributed by atoms with van der Waals surface area (Å²) in [5.41, 5.74) is 1.96. The molecule has 1 atom stereocenters. The zero-order valence-electron chi connectivity index (χ0n) is 15.3. The highest BCUT2D eigenvalue weighted by Crippen LogP contribution is 2.29. The van der Waals surface area contributed by atoms with Gasteiger partial charge in [0.15, 0.2) is 5.82 Å². The van der Waals surface area contributed by atoms with Gasteiger partial charge in [0, 0.05) is 31.3 Å². The second-order valence-corrected chi connectivity index (χ2v) is 7.46. The van der Waals surface area contributed by atoms with Crippen LogP contribution in [0, 0.1) is 5.82 Å². The van der Waals surface area contributed by atoms with E-state index < -0.39 is 11.8 Å². The van der Waals surface area contributed by atoms with Crippen LogP contribution in [0.2, 0.25) is 0 Å². The van der Waals surface area contributed by atoms with Crippen LogP contribution in [0.25, 0.3) is 0 Å². The summed E-state index contributed by atoms with van der Waals surface area (Å²) in [5, 5.41) is 8.32. The summed E-state index contributed by atoms with van der Waals surface area (Å²) < 4.78 is 15.8. The third-order valence-corrected chi connectivity index (χ3v) is 5.46. The SMILES string of the molecule is C[C@@H]1Cc2nn3c(c2CN1C(=O)Nc1ccnc(Br)c1F)C(=O)N(C)OCC3. The Hall–Kier alpha value is -2.53. The van der Waals surface area contributed by atoms with Crippen molar-refractivity contribution in [1.29, 1.82) is 0 Å². The van der Waals surface area contributed by atoms with Crippen LogP contribution in [0.5, 0.6) is 0 Å². The molecule has 3 amide bonds. The smallest absolute Gasteiger partial charge is 0.317 e. The first-order chi connectivity index (χ1) is 13.4. The topological polar surface area (TPSA) is 92.6 Å². The largest absolute Gasteiger partial charge is 0.322 e. The maximum Gasteiger partial charge on any atom is 0.322 e. The van der Waals surface area contributed by atoms with Crippen molar-refractivity contribution in [3.05, 3.63) is 39.6 Å². The summed E-state index contributed by atoms with van der Waals surface area (Å²) in [6.45, 7) is 2.88. The number of rotatable bonds is 1. The minimum absolute atomic E-state index is 0.0230. The van der Waals surface area contributed by atoms with Gasteiger partial charge in [-0.05, 0) is 28.9 Å². The average molecular weight is 453 g/mol. The number of anilines is 1. The number of urea groups is 1. The van der Waals surface area contributed by atoms with E-state index in [1.165, 1.54) is 17.3 Å². The van der Waals surface area contributed by atoms with Crippen LogP contribution in [-0.2, 0) is 24.3 Å². The number of hydroxylamine groups is 2. The van der Waals surface area contributed by atoms with Crippen molar-refractivity contribution < 1.29 is 18.8 Å². The van der Waals surface area contributed by atoms with Crippen molar-refractivity contribution in [1.82, 2.24) is 24.7 Å². The van der Waals surface area contributed by atoms with E-state index in [0.29, 0.717) is 30.8 Å². The van der Waals surface area contributed by atoms with E-state index in [0.717, 1.165) is 5.69 Å². The lowest BCUT2D eigenvalue weighted by molar-refractivity contribution is -0.103. The fraction of sp³-hybridized carbons (Fsp3) is 0.412. The molecule has 0 saturated carbocycles. The number of nitrogens with zero attached hydrogens (tertiary/aromatic N) is 5. The van der Waals surface area contributed by atoms with E-state index in [2.05, 4.69) is 31.3 Å². The first-order valence-corrected chi connectivity index (χ1v) is 9.53. The maximum atomic E-state index is 14.2. The van der Waals surface area contributed by atoms with E-state index in [1.54, 1.807) is 16.6 Å². The van der Waals surface area contributed by atoms with Gasteiger partial charge in [0.1, 0.15) is 10.3 Å². The molecule has 0 aromatic carbocycles. The van der Waals surface area contributed by atoms with Crippen molar-refractivity contribution >= 4 is 33.6 Å². The van der Waals surface area contributed by atoms with Gasteiger partial charge in [0.2, 0.25) is 0 Å². The molecule has 0 bridgehead atoms. The number of pyridine rings is 1. The van der Waals surface area contributed by atoms with Gasteiger partial charge in [-0.3, -0.25) is 14.3 Å². The van der Waals surface area contributed by atoms with Crippen LogP contribution in [0.1, 0.15) is 28.7 Å². The number of halogens is 2. The van der Waals surface area contributed by atoms with Gasteiger partial charge in [0.05, 0.1) is 31.1 Å². The number of carbonyl (C=O) groups is 2. The Morgan fingerprint density at radius 3 is 3.04 bits per heavy atom. The monoisotopic (exact) mass is 452 g/mol. The predicted molar refractivity (Wildman–Crippen MR) is 99.9 cm³/mol. The van der Waals surface area contributed by atoms with Gasteiger partial charge in [-0.1, -0.05) is 0 Å². The molecule has 2 aromatic rings. The highest BCUT2D eigenvalue weighted by atomic mass is 79.9. The number of nitrogens with one attached hydrogen (secondary N) is 1. The highest BCUT2D eigenvalue weighted by Gasteiger charge is 2.36. The van der Waals surface area contributed by atoms with E-state index in [-0.39, 0.29) is 28.8 Å². The minimum atomic E-state index is -0.644. The van der Waals surface area contributed by atoms with Crippen molar-refractivity contribution in [3.8, 4) is 0 Å². The zero-order chi connectivity index (χ0) is 20.0. The molecule has 2 aliphatic heterocycles. The average Bonchev–Trinajstić information content (AvgIpc) is 2.93. The molecule has 4 rings (SSSR count). The van der Waals surface area contributed by atoms with E-state index >= 15 is 0 Å². The lowest BCUT2D eigenvalue weighted by Gasteiger charge is -2.33. The van der Waals surface area contributed by atoms with Crippen LogP contribution in [0.4, 0.5) is 14.9 Å². The third kappa shape index (κ3) is 3.14. The molecular formula is C17H18BrFN6O3. The molecule has 2 aliphatic rings. The van der Waals surface area contributed by atoms with Crippen LogP contribution in [-0.4, -0.2) is 56.4 Å².